The van der Waals surface area contributed by atoms with Crippen molar-refractivity contribution in [3.8, 4) is 0 Å². The molecule has 0 unspecified atom stereocenters. The highest BCUT2D eigenvalue weighted by atomic mass is 35.5. The predicted octanol–water partition coefficient (Wildman–Crippen LogP) is 2.27. The lowest BCUT2D eigenvalue weighted by Crippen LogP contribution is -2.17. The van der Waals surface area contributed by atoms with Gasteiger partial charge in [0.1, 0.15) is 5.82 Å². The summed E-state index contributed by atoms with van der Waals surface area (Å²) < 4.78 is 0. The molecule has 98 valence electrons. The van der Waals surface area contributed by atoms with E-state index in [1.807, 2.05) is 6.07 Å². The van der Waals surface area contributed by atoms with Gasteiger partial charge in [-0.05, 0) is 17.7 Å². The molecule has 0 saturated heterocycles. The number of fused-ring (bicyclic) bond motifs is 1. The van der Waals surface area contributed by atoms with Crippen molar-refractivity contribution in [2.24, 2.45) is 0 Å². The van der Waals surface area contributed by atoms with Gasteiger partial charge >= 0.3 is 0 Å². The molecule has 0 aliphatic carbocycles. The lowest BCUT2D eigenvalue weighted by atomic mass is 10.1. The molecule has 1 aliphatic rings. The van der Waals surface area contributed by atoms with E-state index in [1.54, 1.807) is 12.1 Å². The van der Waals surface area contributed by atoms with Crippen LogP contribution in [-0.4, -0.2) is 9.97 Å². The summed E-state index contributed by atoms with van der Waals surface area (Å²) in [4.78, 5) is 19.1. The van der Waals surface area contributed by atoms with E-state index in [0.717, 1.165) is 16.8 Å². The van der Waals surface area contributed by atoms with Gasteiger partial charge in [-0.3, -0.25) is 4.79 Å². The fourth-order valence-corrected chi connectivity index (χ4v) is 2.48. The Kier molecular flexibility index (Phi) is 3.31. The first-order valence-electron chi connectivity index (χ1n) is 5.89. The van der Waals surface area contributed by atoms with Crippen molar-refractivity contribution in [3.05, 3.63) is 61.2 Å². The Morgan fingerprint density at radius 3 is 2.84 bits per heavy atom. The third kappa shape index (κ3) is 2.52. The second kappa shape index (κ2) is 4.96. The summed E-state index contributed by atoms with van der Waals surface area (Å²) >= 11 is 11.8. The highest BCUT2D eigenvalue weighted by Gasteiger charge is 2.16. The maximum Gasteiger partial charge on any atom is 0.255 e. The van der Waals surface area contributed by atoms with Crippen LogP contribution in [0.4, 0.5) is 0 Å². The van der Waals surface area contributed by atoms with E-state index in [0.29, 0.717) is 35.4 Å². The number of rotatable bonds is 2. The van der Waals surface area contributed by atoms with Gasteiger partial charge in [0, 0.05) is 19.5 Å². The normalized spacial score (nSPS) is 13.6. The molecule has 2 heterocycles. The molecule has 1 aromatic carbocycles. The van der Waals surface area contributed by atoms with Crippen molar-refractivity contribution in [1.82, 2.24) is 15.3 Å². The van der Waals surface area contributed by atoms with Gasteiger partial charge in [-0.15, -0.1) is 0 Å². The molecule has 1 aromatic heterocycles. The quantitative estimate of drug-likeness (QED) is 0.894. The smallest absolute Gasteiger partial charge is 0.255 e. The van der Waals surface area contributed by atoms with Gasteiger partial charge in [0.15, 0.2) is 0 Å². The third-order valence-electron chi connectivity index (χ3n) is 3.10. The lowest BCUT2D eigenvalue weighted by Gasteiger charge is -2.05. The van der Waals surface area contributed by atoms with Crippen molar-refractivity contribution >= 4 is 23.2 Å². The molecule has 1 aliphatic heterocycles. The monoisotopic (exact) mass is 295 g/mol. The second-order valence-electron chi connectivity index (χ2n) is 4.47. The van der Waals surface area contributed by atoms with Crippen LogP contribution in [0.2, 0.25) is 10.0 Å². The average Bonchev–Trinajstić information content (AvgIpc) is 2.82. The van der Waals surface area contributed by atoms with Crippen molar-refractivity contribution < 1.29 is 0 Å². The fraction of sp³-hybridized carbons (Fsp3) is 0.231. The number of nitrogens with zero attached hydrogens (tertiary/aromatic N) is 1. The number of halogens is 2. The molecule has 0 radical (unpaired) electrons. The van der Waals surface area contributed by atoms with Gasteiger partial charge < -0.3 is 10.3 Å². The Labute approximate surface area is 119 Å². The summed E-state index contributed by atoms with van der Waals surface area (Å²) in [6, 6.07) is 5.40. The highest BCUT2D eigenvalue weighted by Crippen LogP contribution is 2.23. The summed E-state index contributed by atoms with van der Waals surface area (Å²) in [5.74, 6) is 0.644. The second-order valence-corrected chi connectivity index (χ2v) is 5.28. The standard InChI is InChI=1S/C13H11Cl2N3O/c14-9-2-1-7(3-10(9)15)4-12-17-11-6-16-5-8(11)13(19)18-12/h1-3,16H,4-6H2,(H,17,18,19). The molecule has 19 heavy (non-hydrogen) atoms. The minimum atomic E-state index is -0.0648. The third-order valence-corrected chi connectivity index (χ3v) is 3.84. The Morgan fingerprint density at radius 1 is 1.21 bits per heavy atom. The van der Waals surface area contributed by atoms with Crippen LogP contribution in [0, 0.1) is 0 Å². The summed E-state index contributed by atoms with van der Waals surface area (Å²) in [5.41, 5.74) is 2.46. The predicted molar refractivity (Wildman–Crippen MR) is 74.7 cm³/mol. The SMILES string of the molecule is O=c1[nH]c(Cc2ccc(Cl)c(Cl)c2)nc2c1CNC2. The van der Waals surface area contributed by atoms with Gasteiger partial charge in [0.05, 0.1) is 21.3 Å². The van der Waals surface area contributed by atoms with Gasteiger partial charge in [-0.1, -0.05) is 29.3 Å². The number of aromatic nitrogens is 2. The van der Waals surface area contributed by atoms with Crippen molar-refractivity contribution in [2.75, 3.05) is 0 Å². The molecular weight excluding hydrogens is 285 g/mol. The van der Waals surface area contributed by atoms with Crippen molar-refractivity contribution in [2.45, 2.75) is 19.5 Å². The molecule has 0 atom stereocenters. The maximum absolute atomic E-state index is 11.9. The minimum Gasteiger partial charge on any atom is -0.310 e. The van der Waals surface area contributed by atoms with Crippen LogP contribution >= 0.6 is 23.2 Å². The summed E-state index contributed by atoms with van der Waals surface area (Å²) in [7, 11) is 0. The zero-order valence-corrected chi connectivity index (χ0v) is 11.5. The van der Waals surface area contributed by atoms with E-state index >= 15 is 0 Å². The van der Waals surface area contributed by atoms with Gasteiger partial charge in [-0.25, -0.2) is 4.98 Å². The Balaban J connectivity index is 1.93. The van der Waals surface area contributed by atoms with Gasteiger partial charge in [0.2, 0.25) is 0 Å². The molecule has 0 amide bonds. The molecule has 0 spiro atoms. The van der Waals surface area contributed by atoms with Crippen molar-refractivity contribution in [3.63, 3.8) is 0 Å². The van der Waals surface area contributed by atoms with Crippen LogP contribution in [0.15, 0.2) is 23.0 Å². The first kappa shape index (κ1) is 12.7. The maximum atomic E-state index is 11.9. The topological polar surface area (TPSA) is 57.8 Å². The molecule has 0 saturated carbocycles. The minimum absolute atomic E-state index is 0.0648. The van der Waals surface area contributed by atoms with E-state index in [-0.39, 0.29) is 5.56 Å². The first-order chi connectivity index (χ1) is 9.13. The molecular formula is C13H11Cl2N3O. The number of aromatic amines is 1. The Morgan fingerprint density at radius 2 is 2.05 bits per heavy atom. The van der Waals surface area contributed by atoms with Crippen LogP contribution in [0.25, 0.3) is 0 Å². The van der Waals surface area contributed by atoms with E-state index in [2.05, 4.69) is 15.3 Å². The molecule has 2 N–H and O–H groups in total. The number of benzene rings is 1. The zero-order chi connectivity index (χ0) is 13.4. The highest BCUT2D eigenvalue weighted by molar-refractivity contribution is 6.42. The molecule has 2 aromatic rings. The van der Waals surface area contributed by atoms with Crippen LogP contribution in [0.1, 0.15) is 22.6 Å². The van der Waals surface area contributed by atoms with E-state index in [9.17, 15) is 4.79 Å². The Bertz CT molecular complexity index is 697. The van der Waals surface area contributed by atoms with Gasteiger partial charge in [0.25, 0.3) is 5.56 Å². The number of nitrogens with one attached hydrogen (secondary N) is 2. The van der Waals surface area contributed by atoms with Crippen LogP contribution in [0.5, 0.6) is 0 Å². The van der Waals surface area contributed by atoms with Crippen LogP contribution in [-0.2, 0) is 19.5 Å². The van der Waals surface area contributed by atoms with E-state index in [4.69, 9.17) is 23.2 Å². The fourth-order valence-electron chi connectivity index (χ4n) is 2.16. The first-order valence-corrected chi connectivity index (χ1v) is 6.64. The number of hydrogen-bond acceptors (Lipinski definition) is 3. The summed E-state index contributed by atoms with van der Waals surface area (Å²) in [5, 5.41) is 4.14. The molecule has 0 bridgehead atoms. The molecule has 6 heteroatoms. The number of hydrogen-bond donors (Lipinski definition) is 2. The molecule has 3 rings (SSSR count). The summed E-state index contributed by atoms with van der Waals surface area (Å²) in [6.45, 7) is 1.23. The zero-order valence-electron chi connectivity index (χ0n) is 9.96. The lowest BCUT2D eigenvalue weighted by molar-refractivity contribution is 0.755. The average molecular weight is 296 g/mol. The van der Waals surface area contributed by atoms with Crippen LogP contribution < -0.4 is 10.9 Å². The summed E-state index contributed by atoms with van der Waals surface area (Å²) in [6.07, 6.45) is 0.527. The van der Waals surface area contributed by atoms with E-state index < -0.39 is 0 Å². The largest absolute Gasteiger partial charge is 0.310 e. The molecule has 0 fully saturated rings. The van der Waals surface area contributed by atoms with Crippen LogP contribution in [0.3, 0.4) is 0 Å². The van der Waals surface area contributed by atoms with Crippen molar-refractivity contribution in [1.29, 1.82) is 0 Å². The van der Waals surface area contributed by atoms with Gasteiger partial charge in [-0.2, -0.15) is 0 Å². The Hall–Kier alpha value is -1.36. The number of H-pyrrole nitrogens is 1. The van der Waals surface area contributed by atoms with E-state index in [1.165, 1.54) is 0 Å². The molecule has 4 nitrogen and oxygen atoms in total.